The van der Waals surface area contributed by atoms with Gasteiger partial charge in [0, 0.05) is 26.9 Å². The summed E-state index contributed by atoms with van der Waals surface area (Å²) >= 11 is 0. The van der Waals surface area contributed by atoms with E-state index in [1.807, 2.05) is 121 Å². The number of benzene rings is 8. The van der Waals surface area contributed by atoms with Crippen LogP contribution in [0.2, 0.25) is 13.1 Å². The van der Waals surface area contributed by atoms with E-state index in [0.717, 1.165) is 79.1 Å². The molecule has 0 fully saturated rings. The molecule has 0 N–H and O–H groups in total. The van der Waals surface area contributed by atoms with E-state index in [1.54, 1.807) is 24.3 Å². The van der Waals surface area contributed by atoms with Crippen LogP contribution in [0.4, 0.5) is 35.1 Å². The van der Waals surface area contributed by atoms with Crippen LogP contribution >= 0.6 is 0 Å². The van der Waals surface area contributed by atoms with Gasteiger partial charge in [0.15, 0.2) is 46.5 Å². The monoisotopic (exact) mass is 970 g/mol. The normalized spacial score (nSPS) is 18.1. The van der Waals surface area contributed by atoms with Crippen LogP contribution in [0.3, 0.4) is 0 Å². The molecule has 0 nitrogen and oxygen atoms in total. The van der Waals surface area contributed by atoms with Gasteiger partial charge in [0.05, 0.1) is 0 Å². The zero-order chi connectivity index (χ0) is 48.9. The fraction of sp³-hybridized carbons (Fsp3) is 0.100. The molecule has 0 saturated heterocycles. The van der Waals surface area contributed by atoms with Crippen LogP contribution in [0.15, 0.2) is 194 Å². The Labute approximate surface area is 404 Å². The summed E-state index contributed by atoms with van der Waals surface area (Å²) in [6.07, 6.45) is 0.335. The minimum Gasteiger partial charge on any atom is -0.204 e. The fourth-order valence-corrected chi connectivity index (χ4v) is 18.0. The molecule has 0 bridgehead atoms. The van der Waals surface area contributed by atoms with Crippen molar-refractivity contribution in [3.63, 3.8) is 0 Å². The molecular formula is C60H42F8Si2. The largest absolute Gasteiger partial charge is 0.204 e. The quantitative estimate of drug-likeness (QED) is 0.0895. The Kier molecular flexibility index (Phi) is 12.4. The van der Waals surface area contributed by atoms with Crippen LogP contribution in [0.1, 0.15) is 57.3 Å². The number of hydrogen-bond donors (Lipinski definition) is 0. The summed E-state index contributed by atoms with van der Waals surface area (Å²) in [6.45, 7) is 4.11. The van der Waals surface area contributed by atoms with Gasteiger partial charge < -0.3 is 0 Å². The summed E-state index contributed by atoms with van der Waals surface area (Å²) in [4.78, 5) is 0. The van der Waals surface area contributed by atoms with Gasteiger partial charge in [-0.05, 0) is 139 Å². The second-order valence-electron chi connectivity index (χ2n) is 17.8. The number of rotatable bonds is 11. The first-order valence-electron chi connectivity index (χ1n) is 22.8. The Bertz CT molecular complexity index is 3240. The second kappa shape index (κ2) is 18.6. The van der Waals surface area contributed by atoms with Gasteiger partial charge in [-0.3, -0.25) is 0 Å². The van der Waals surface area contributed by atoms with Crippen LogP contribution in [-0.2, 0) is 10.1 Å². The van der Waals surface area contributed by atoms with Crippen LogP contribution < -0.4 is 0 Å². The molecule has 8 aromatic rings. The summed E-state index contributed by atoms with van der Waals surface area (Å²) < 4.78 is 124. The van der Waals surface area contributed by atoms with Crippen LogP contribution in [0.5, 0.6) is 0 Å². The van der Waals surface area contributed by atoms with Crippen molar-refractivity contribution in [3.05, 3.63) is 285 Å². The Morgan fingerprint density at radius 2 is 0.586 bits per heavy atom. The van der Waals surface area contributed by atoms with E-state index in [9.17, 15) is 8.78 Å². The van der Waals surface area contributed by atoms with Crippen molar-refractivity contribution in [3.8, 4) is 0 Å². The molecule has 2 aliphatic rings. The Morgan fingerprint density at radius 1 is 0.300 bits per heavy atom. The van der Waals surface area contributed by atoms with E-state index in [2.05, 4.69) is 13.1 Å². The highest BCUT2D eigenvalue weighted by Gasteiger charge is 2.53. The van der Waals surface area contributed by atoms with Gasteiger partial charge in [0.25, 0.3) is 0 Å². The molecule has 0 amide bonds. The molecule has 70 heavy (non-hydrogen) atoms. The first kappa shape index (κ1) is 46.6. The van der Waals surface area contributed by atoms with Gasteiger partial charge in [-0.15, -0.1) is 0 Å². The lowest BCUT2D eigenvalue weighted by Gasteiger charge is -2.42. The molecule has 0 radical (unpaired) electrons. The number of halogens is 8. The lowest BCUT2D eigenvalue weighted by molar-refractivity contribution is 0.498. The molecule has 0 saturated carbocycles. The van der Waals surface area contributed by atoms with Crippen molar-refractivity contribution in [1.29, 1.82) is 0 Å². The number of allylic oxidation sites excluding steroid dienone is 4. The van der Waals surface area contributed by atoms with Gasteiger partial charge >= 0.3 is 0 Å². The lowest BCUT2D eigenvalue weighted by Crippen LogP contribution is -2.43. The topological polar surface area (TPSA) is 0 Å². The summed E-state index contributed by atoms with van der Waals surface area (Å²) in [5.41, 5.74) is 7.71. The van der Waals surface area contributed by atoms with Crippen molar-refractivity contribution in [1.82, 2.24) is 0 Å². The molecule has 10 rings (SSSR count). The van der Waals surface area contributed by atoms with Gasteiger partial charge in [-0.2, -0.15) is 0 Å². The van der Waals surface area contributed by atoms with Crippen molar-refractivity contribution < 1.29 is 35.1 Å². The molecule has 0 spiro atoms. The maximum atomic E-state index is 16.2. The molecule has 2 heterocycles. The van der Waals surface area contributed by atoms with E-state index in [1.165, 1.54) is 24.3 Å². The van der Waals surface area contributed by atoms with E-state index < -0.39 is 73.4 Å². The highest BCUT2D eigenvalue weighted by molar-refractivity contribution is 6.89. The van der Waals surface area contributed by atoms with Gasteiger partial charge in [0.1, 0.15) is 0 Å². The molecule has 0 aliphatic carbocycles. The molecule has 0 aromatic heterocycles. The second-order valence-corrected chi connectivity index (χ2v) is 23.0. The Balaban J connectivity index is 1.37. The minimum absolute atomic E-state index is 0.168. The predicted molar refractivity (Wildman–Crippen MR) is 269 cm³/mol. The van der Waals surface area contributed by atoms with E-state index in [4.69, 9.17) is 0 Å². The summed E-state index contributed by atoms with van der Waals surface area (Å²) in [6, 6.07) is 53.6. The Morgan fingerprint density at radius 3 is 0.886 bits per heavy atom. The average molecular weight is 971 g/mol. The molecule has 8 aromatic carbocycles. The van der Waals surface area contributed by atoms with Crippen LogP contribution in [-0.4, -0.2) is 27.2 Å². The molecule has 346 valence electrons. The first-order chi connectivity index (χ1) is 33.8. The SMILES string of the molecule is C[Si]1=C(c2ccc(F)c(F)c2)C(c2ccccc2)=C(c2ccccc2)C1(CCC1(c2ccc(F)c(F)c2)C(c2ccccc2)=C(c2ccccc2)C(c2ccc(F)c(F)c2)=[Si]1C)c1ccc(F)c(F)c1. The average Bonchev–Trinajstić information content (AvgIpc) is 3.80. The number of hydrogen-bond acceptors (Lipinski definition) is 0. The molecule has 2 unspecified atom stereocenters. The zero-order valence-electron chi connectivity index (χ0n) is 37.9. The van der Waals surface area contributed by atoms with E-state index in [-0.39, 0.29) is 12.8 Å². The molecule has 2 atom stereocenters. The summed E-state index contributed by atoms with van der Waals surface area (Å²) in [5.74, 6) is -8.42. The van der Waals surface area contributed by atoms with Crippen molar-refractivity contribution in [2.75, 3.05) is 0 Å². The first-order valence-corrected chi connectivity index (χ1v) is 26.8. The van der Waals surface area contributed by atoms with Crippen molar-refractivity contribution >= 4 is 49.4 Å². The fourth-order valence-electron chi connectivity index (χ4n) is 11.2. The van der Waals surface area contributed by atoms with Crippen molar-refractivity contribution in [2.45, 2.75) is 36.0 Å². The highest BCUT2D eigenvalue weighted by atomic mass is 28.2. The summed E-state index contributed by atoms with van der Waals surface area (Å²) in [7, 11) is -4.54. The maximum absolute atomic E-state index is 16.2. The summed E-state index contributed by atoms with van der Waals surface area (Å²) in [5, 5.41) is -0.989. The third-order valence-electron chi connectivity index (χ3n) is 14.3. The lowest BCUT2D eigenvalue weighted by atomic mass is 9.72. The third kappa shape index (κ3) is 7.74. The minimum atomic E-state index is -2.27. The molecule has 10 heteroatoms. The van der Waals surface area contributed by atoms with Crippen LogP contribution in [0.25, 0.3) is 22.3 Å². The van der Waals surface area contributed by atoms with Crippen molar-refractivity contribution in [2.24, 2.45) is 0 Å². The van der Waals surface area contributed by atoms with Crippen LogP contribution in [0, 0.1) is 46.5 Å². The standard InChI is InChI=1S/C60H42F8Si2/c1-69-57(41-23-27-45(61)49(65)33-41)53(37-15-7-3-8-16-37)55(39-19-11-5-12-20-39)59(69,43-25-29-47(63)51(67)35-43)31-32-60(44-26-30-48(64)52(68)36-44)56(40-21-13-6-14-22-40)54(38-17-9-4-10-18-38)58(70(60)2)42-24-28-46(62)50(66)34-42/h3-30,33-36H,31-32H2,1-2H3. The highest BCUT2D eigenvalue weighted by Crippen LogP contribution is 2.58. The van der Waals surface area contributed by atoms with Gasteiger partial charge in [0.2, 0.25) is 0 Å². The Hall–Kier alpha value is -7.15. The molecule has 2 aliphatic heterocycles. The predicted octanol–water partition coefficient (Wildman–Crippen LogP) is 14.9. The van der Waals surface area contributed by atoms with E-state index >= 15 is 26.3 Å². The van der Waals surface area contributed by atoms with E-state index in [0.29, 0.717) is 22.3 Å². The smallest absolute Gasteiger partial charge is 0.159 e. The van der Waals surface area contributed by atoms with Gasteiger partial charge in [-0.25, -0.2) is 35.1 Å². The third-order valence-corrected chi connectivity index (χ3v) is 21.0. The maximum Gasteiger partial charge on any atom is 0.159 e. The zero-order valence-corrected chi connectivity index (χ0v) is 39.9. The van der Waals surface area contributed by atoms with Gasteiger partial charge in [-0.1, -0.05) is 159 Å². The molecular weight excluding hydrogens is 929 g/mol.